The Bertz CT molecular complexity index is 332. The smallest absolute Gasteiger partial charge is 0.317 e. The molecular weight excluding hydrogens is 238 g/mol. The summed E-state index contributed by atoms with van der Waals surface area (Å²) in [5.74, 6) is -1.53. The molecule has 0 bridgehead atoms. The van der Waals surface area contributed by atoms with Gasteiger partial charge in [0.25, 0.3) is 0 Å². The van der Waals surface area contributed by atoms with Crippen LogP contribution in [0.4, 0.5) is 4.79 Å². The minimum absolute atomic E-state index is 0.0559. The van der Waals surface area contributed by atoms with Gasteiger partial charge in [0, 0.05) is 19.6 Å². The molecule has 7 nitrogen and oxygen atoms in total. The van der Waals surface area contributed by atoms with Crippen molar-refractivity contribution in [1.82, 2.24) is 15.5 Å². The number of carbonyl (C=O) groups is 3. The highest BCUT2D eigenvalue weighted by molar-refractivity contribution is 5.84. The third-order valence-corrected chi connectivity index (χ3v) is 2.82. The Kier molecular flexibility index (Phi) is 5.41. The molecule has 0 aliphatic carbocycles. The van der Waals surface area contributed by atoms with Crippen molar-refractivity contribution in [2.24, 2.45) is 5.92 Å². The van der Waals surface area contributed by atoms with Crippen molar-refractivity contribution >= 4 is 17.9 Å². The highest BCUT2D eigenvalue weighted by Gasteiger charge is 2.19. The molecule has 3 amide bonds. The first-order valence-corrected chi connectivity index (χ1v) is 6.03. The predicted octanol–water partition coefficient (Wildman–Crippen LogP) is -0.371. The standard InChI is InChI=1S/C11H19N3O4/c1-8(10(16)17)3-5-13-11(18)14-6-2-4-12-9(15)7-14/h8H,2-7H2,1H3,(H,12,15)(H,13,18)(H,16,17). The van der Waals surface area contributed by atoms with Crippen molar-refractivity contribution in [1.29, 1.82) is 0 Å². The van der Waals surface area contributed by atoms with Crippen LogP contribution in [-0.2, 0) is 9.59 Å². The van der Waals surface area contributed by atoms with Gasteiger partial charge in [0.05, 0.1) is 5.92 Å². The number of aliphatic carboxylic acids is 1. The second-order valence-corrected chi connectivity index (χ2v) is 4.38. The van der Waals surface area contributed by atoms with Crippen LogP contribution in [0.1, 0.15) is 19.8 Å². The summed E-state index contributed by atoms with van der Waals surface area (Å²) in [6.45, 7) is 3.05. The highest BCUT2D eigenvalue weighted by Crippen LogP contribution is 2.01. The summed E-state index contributed by atoms with van der Waals surface area (Å²) in [7, 11) is 0. The molecule has 1 aliphatic rings. The first kappa shape index (κ1) is 14.3. The summed E-state index contributed by atoms with van der Waals surface area (Å²) in [6, 6.07) is -0.315. The van der Waals surface area contributed by atoms with Gasteiger partial charge in [-0.3, -0.25) is 9.59 Å². The average molecular weight is 257 g/mol. The fraction of sp³-hybridized carbons (Fsp3) is 0.727. The largest absolute Gasteiger partial charge is 0.481 e. The third-order valence-electron chi connectivity index (χ3n) is 2.82. The molecule has 1 heterocycles. The lowest BCUT2D eigenvalue weighted by molar-refractivity contribution is -0.141. The predicted molar refractivity (Wildman–Crippen MR) is 64.0 cm³/mol. The van der Waals surface area contributed by atoms with Crippen LogP contribution < -0.4 is 10.6 Å². The number of amides is 3. The Hall–Kier alpha value is -1.79. The van der Waals surface area contributed by atoms with Gasteiger partial charge in [-0.15, -0.1) is 0 Å². The Morgan fingerprint density at radius 1 is 1.56 bits per heavy atom. The summed E-state index contributed by atoms with van der Waals surface area (Å²) < 4.78 is 0. The first-order chi connectivity index (χ1) is 8.50. The number of carbonyl (C=O) groups excluding carboxylic acids is 2. The van der Waals surface area contributed by atoms with Gasteiger partial charge >= 0.3 is 12.0 Å². The summed E-state index contributed by atoms with van der Waals surface area (Å²) in [5, 5.41) is 14.0. The molecular formula is C11H19N3O4. The molecule has 0 radical (unpaired) electrons. The second kappa shape index (κ2) is 6.83. The lowest BCUT2D eigenvalue weighted by Gasteiger charge is -2.19. The molecule has 0 aromatic heterocycles. The van der Waals surface area contributed by atoms with Gasteiger partial charge in [-0.2, -0.15) is 0 Å². The van der Waals surface area contributed by atoms with E-state index in [9.17, 15) is 14.4 Å². The van der Waals surface area contributed by atoms with E-state index in [0.29, 0.717) is 26.1 Å². The van der Waals surface area contributed by atoms with Gasteiger partial charge < -0.3 is 20.6 Å². The van der Waals surface area contributed by atoms with E-state index in [1.54, 1.807) is 6.92 Å². The van der Waals surface area contributed by atoms with Crippen LogP contribution in [0.5, 0.6) is 0 Å². The zero-order chi connectivity index (χ0) is 13.5. The molecule has 1 rings (SSSR count). The molecule has 1 atom stereocenters. The number of carboxylic acids is 1. The van der Waals surface area contributed by atoms with Gasteiger partial charge in [-0.05, 0) is 12.8 Å². The Morgan fingerprint density at radius 2 is 2.28 bits per heavy atom. The van der Waals surface area contributed by atoms with Gasteiger partial charge in [-0.25, -0.2) is 4.79 Å². The van der Waals surface area contributed by atoms with Gasteiger partial charge in [0.2, 0.25) is 5.91 Å². The molecule has 0 spiro atoms. The SMILES string of the molecule is CC(CCNC(=O)N1CCCNC(=O)C1)C(=O)O. The maximum absolute atomic E-state index is 11.7. The molecule has 1 fully saturated rings. The maximum atomic E-state index is 11.7. The number of hydrogen-bond donors (Lipinski definition) is 3. The Labute approximate surface area is 106 Å². The summed E-state index contributed by atoms with van der Waals surface area (Å²) >= 11 is 0. The van der Waals surface area contributed by atoms with Crippen molar-refractivity contribution in [2.45, 2.75) is 19.8 Å². The number of rotatable bonds is 4. The van der Waals surface area contributed by atoms with Gasteiger partial charge in [0.15, 0.2) is 0 Å². The van der Waals surface area contributed by atoms with E-state index < -0.39 is 11.9 Å². The molecule has 0 aromatic rings. The zero-order valence-corrected chi connectivity index (χ0v) is 10.4. The minimum atomic E-state index is -0.876. The van der Waals surface area contributed by atoms with Crippen molar-refractivity contribution in [3.63, 3.8) is 0 Å². The van der Waals surface area contributed by atoms with Gasteiger partial charge in [-0.1, -0.05) is 6.92 Å². The number of carboxylic acid groups (broad SMARTS) is 1. The quantitative estimate of drug-likeness (QED) is 0.640. The maximum Gasteiger partial charge on any atom is 0.317 e. The number of nitrogens with one attached hydrogen (secondary N) is 2. The van der Waals surface area contributed by atoms with E-state index in [0.717, 1.165) is 6.42 Å². The number of nitrogens with zero attached hydrogens (tertiary/aromatic N) is 1. The summed E-state index contributed by atoms with van der Waals surface area (Å²) in [4.78, 5) is 35.0. The van der Waals surface area contributed by atoms with Crippen LogP contribution in [0.2, 0.25) is 0 Å². The lowest BCUT2D eigenvalue weighted by Crippen LogP contribution is -2.44. The molecule has 7 heteroatoms. The lowest BCUT2D eigenvalue weighted by atomic mass is 10.1. The van der Waals surface area contributed by atoms with E-state index in [4.69, 9.17) is 5.11 Å². The molecule has 1 aliphatic heterocycles. The van der Waals surface area contributed by atoms with Crippen LogP contribution in [0.3, 0.4) is 0 Å². The van der Waals surface area contributed by atoms with Crippen LogP contribution in [0.15, 0.2) is 0 Å². The molecule has 1 saturated heterocycles. The Morgan fingerprint density at radius 3 is 2.94 bits per heavy atom. The molecule has 18 heavy (non-hydrogen) atoms. The van der Waals surface area contributed by atoms with Crippen molar-refractivity contribution in [3.8, 4) is 0 Å². The average Bonchev–Trinajstić information content (AvgIpc) is 2.53. The van der Waals surface area contributed by atoms with Crippen LogP contribution in [0.25, 0.3) is 0 Å². The second-order valence-electron chi connectivity index (χ2n) is 4.38. The Balaban J connectivity index is 2.31. The van der Waals surface area contributed by atoms with Crippen molar-refractivity contribution in [3.05, 3.63) is 0 Å². The van der Waals surface area contributed by atoms with E-state index in [2.05, 4.69) is 10.6 Å². The molecule has 3 N–H and O–H groups in total. The number of urea groups is 1. The van der Waals surface area contributed by atoms with E-state index >= 15 is 0 Å². The van der Waals surface area contributed by atoms with Crippen molar-refractivity contribution in [2.75, 3.05) is 26.2 Å². The first-order valence-electron chi connectivity index (χ1n) is 6.03. The zero-order valence-electron chi connectivity index (χ0n) is 10.4. The van der Waals surface area contributed by atoms with E-state index in [1.807, 2.05) is 0 Å². The van der Waals surface area contributed by atoms with E-state index in [1.165, 1.54) is 4.90 Å². The van der Waals surface area contributed by atoms with Crippen LogP contribution in [-0.4, -0.2) is 54.1 Å². The third kappa shape index (κ3) is 4.60. The summed E-state index contributed by atoms with van der Waals surface area (Å²) in [6.07, 6.45) is 1.10. The van der Waals surface area contributed by atoms with Crippen molar-refractivity contribution < 1.29 is 19.5 Å². The molecule has 0 aromatic carbocycles. The molecule has 102 valence electrons. The molecule has 1 unspecified atom stereocenters. The number of hydrogen-bond acceptors (Lipinski definition) is 3. The fourth-order valence-electron chi connectivity index (χ4n) is 1.61. The molecule has 0 saturated carbocycles. The topological polar surface area (TPSA) is 98.7 Å². The van der Waals surface area contributed by atoms with Crippen LogP contribution >= 0.6 is 0 Å². The fourth-order valence-corrected chi connectivity index (χ4v) is 1.61. The van der Waals surface area contributed by atoms with E-state index in [-0.39, 0.29) is 18.5 Å². The summed E-state index contributed by atoms with van der Waals surface area (Å²) in [5.41, 5.74) is 0. The van der Waals surface area contributed by atoms with Crippen LogP contribution in [0, 0.1) is 5.92 Å². The highest BCUT2D eigenvalue weighted by atomic mass is 16.4. The van der Waals surface area contributed by atoms with Gasteiger partial charge in [0.1, 0.15) is 6.54 Å². The minimum Gasteiger partial charge on any atom is -0.481 e. The normalized spacial score (nSPS) is 17.6. The monoisotopic (exact) mass is 257 g/mol.